The second-order valence-electron chi connectivity index (χ2n) is 3.20. The molecule has 6 heteroatoms. The highest BCUT2D eigenvalue weighted by Crippen LogP contribution is 2.19. The molecular weight excluding hydrogens is 189 g/mol. The molecule has 0 N–H and O–H groups in total. The number of carbonyl (C=O) groups is 1. The second kappa shape index (κ2) is 3.73. The van der Waals surface area contributed by atoms with Gasteiger partial charge in [0.2, 0.25) is 6.29 Å². The predicted octanol–water partition coefficient (Wildman–Crippen LogP) is 0.820. The van der Waals surface area contributed by atoms with Crippen molar-refractivity contribution in [2.75, 3.05) is 18.0 Å². The lowest BCUT2D eigenvalue weighted by Crippen LogP contribution is -2.34. The smallest absolute Gasteiger partial charge is 0.318 e. The first kappa shape index (κ1) is 9.11. The maximum absolute atomic E-state index is 12.8. The van der Waals surface area contributed by atoms with E-state index in [-0.39, 0.29) is 5.89 Å². The van der Waals surface area contributed by atoms with Gasteiger partial charge in [-0.25, -0.2) is 4.39 Å². The molecule has 0 bridgehead atoms. The van der Waals surface area contributed by atoms with Crippen LogP contribution in [0.25, 0.3) is 0 Å². The van der Waals surface area contributed by atoms with Crippen molar-refractivity contribution in [2.24, 2.45) is 0 Å². The summed E-state index contributed by atoms with van der Waals surface area (Å²) in [5.74, 6) is -0.0395. The molecule has 0 radical (unpaired) electrons. The van der Waals surface area contributed by atoms with Crippen LogP contribution < -0.4 is 4.90 Å². The normalized spacial score (nSPS) is 18.5. The lowest BCUT2D eigenvalue weighted by Gasteiger charge is -2.26. The molecule has 1 aliphatic rings. The van der Waals surface area contributed by atoms with Crippen LogP contribution >= 0.6 is 0 Å². The average molecular weight is 199 g/mol. The van der Waals surface area contributed by atoms with Gasteiger partial charge >= 0.3 is 6.01 Å². The van der Waals surface area contributed by atoms with Crippen LogP contribution in [0.2, 0.25) is 0 Å². The van der Waals surface area contributed by atoms with E-state index >= 15 is 0 Å². The first-order chi connectivity index (χ1) is 6.79. The summed E-state index contributed by atoms with van der Waals surface area (Å²) in [6.45, 7) is 1.11. The number of hydrogen-bond donors (Lipinski definition) is 0. The zero-order valence-electron chi connectivity index (χ0n) is 7.52. The number of halogens is 1. The van der Waals surface area contributed by atoms with E-state index in [1.807, 2.05) is 0 Å². The molecule has 1 aromatic rings. The molecule has 1 aromatic heterocycles. The van der Waals surface area contributed by atoms with Crippen LogP contribution in [0.15, 0.2) is 4.42 Å². The van der Waals surface area contributed by atoms with E-state index in [2.05, 4.69) is 10.2 Å². The topological polar surface area (TPSA) is 59.2 Å². The van der Waals surface area contributed by atoms with Gasteiger partial charge in [0.05, 0.1) is 0 Å². The molecule has 5 nitrogen and oxygen atoms in total. The summed E-state index contributed by atoms with van der Waals surface area (Å²) in [6.07, 6.45) is 0.704. The van der Waals surface area contributed by atoms with Crippen LogP contribution in [0.4, 0.5) is 10.4 Å². The molecule has 0 aromatic carbocycles. The number of aromatic nitrogens is 2. The highest BCUT2D eigenvalue weighted by Gasteiger charge is 2.22. The van der Waals surface area contributed by atoms with Gasteiger partial charge in [0.15, 0.2) is 0 Å². The number of carbonyl (C=O) groups excluding carboxylic acids is 1. The SMILES string of the molecule is O=Cc1nnc(N2CCC(F)CC2)o1. The van der Waals surface area contributed by atoms with Crippen molar-refractivity contribution >= 4 is 12.3 Å². The molecule has 0 amide bonds. The Kier molecular flexibility index (Phi) is 2.43. The third-order valence-corrected chi connectivity index (χ3v) is 2.23. The van der Waals surface area contributed by atoms with Gasteiger partial charge in [0.25, 0.3) is 5.89 Å². The van der Waals surface area contributed by atoms with E-state index in [0.29, 0.717) is 38.2 Å². The van der Waals surface area contributed by atoms with Crippen LogP contribution in [0.3, 0.4) is 0 Å². The molecule has 0 atom stereocenters. The Morgan fingerprint density at radius 3 is 2.71 bits per heavy atom. The van der Waals surface area contributed by atoms with Crippen molar-refractivity contribution in [1.82, 2.24) is 10.2 Å². The number of piperidine rings is 1. The maximum Gasteiger partial charge on any atom is 0.318 e. The van der Waals surface area contributed by atoms with E-state index < -0.39 is 6.17 Å². The minimum atomic E-state index is -0.736. The number of nitrogens with zero attached hydrogens (tertiary/aromatic N) is 3. The van der Waals surface area contributed by atoms with E-state index in [9.17, 15) is 9.18 Å². The Morgan fingerprint density at radius 1 is 1.43 bits per heavy atom. The number of aldehydes is 1. The molecule has 2 rings (SSSR count). The van der Waals surface area contributed by atoms with E-state index in [4.69, 9.17) is 4.42 Å². The summed E-state index contributed by atoms with van der Waals surface area (Å²) < 4.78 is 17.8. The van der Waals surface area contributed by atoms with Crippen molar-refractivity contribution < 1.29 is 13.6 Å². The van der Waals surface area contributed by atoms with Gasteiger partial charge in [-0.05, 0) is 12.8 Å². The Morgan fingerprint density at radius 2 is 2.14 bits per heavy atom. The summed E-state index contributed by atoms with van der Waals surface area (Å²) in [5.41, 5.74) is 0. The van der Waals surface area contributed by atoms with Gasteiger partial charge in [0, 0.05) is 13.1 Å². The highest BCUT2D eigenvalue weighted by atomic mass is 19.1. The maximum atomic E-state index is 12.8. The molecule has 14 heavy (non-hydrogen) atoms. The molecule has 0 saturated carbocycles. The van der Waals surface area contributed by atoms with Crippen molar-refractivity contribution in [3.05, 3.63) is 5.89 Å². The van der Waals surface area contributed by atoms with Crippen LogP contribution in [-0.4, -0.2) is 35.7 Å². The largest absolute Gasteiger partial charge is 0.400 e. The predicted molar refractivity (Wildman–Crippen MR) is 46.0 cm³/mol. The lowest BCUT2D eigenvalue weighted by molar-refractivity contribution is 0.109. The Balaban J connectivity index is 2.04. The van der Waals surface area contributed by atoms with Gasteiger partial charge < -0.3 is 9.32 Å². The summed E-state index contributed by atoms with van der Waals surface area (Å²) in [4.78, 5) is 12.1. The third-order valence-electron chi connectivity index (χ3n) is 2.23. The van der Waals surface area contributed by atoms with Crippen molar-refractivity contribution in [3.63, 3.8) is 0 Å². The second-order valence-corrected chi connectivity index (χ2v) is 3.20. The van der Waals surface area contributed by atoms with Crippen molar-refractivity contribution in [3.8, 4) is 0 Å². The Bertz CT molecular complexity index is 320. The van der Waals surface area contributed by atoms with Crippen LogP contribution in [0.5, 0.6) is 0 Å². The van der Waals surface area contributed by atoms with E-state index in [0.717, 1.165) is 0 Å². The molecule has 1 saturated heterocycles. The van der Waals surface area contributed by atoms with Gasteiger partial charge in [-0.3, -0.25) is 4.79 Å². The number of hydrogen-bond acceptors (Lipinski definition) is 5. The zero-order valence-corrected chi connectivity index (χ0v) is 7.52. The fraction of sp³-hybridized carbons (Fsp3) is 0.625. The van der Waals surface area contributed by atoms with Gasteiger partial charge in [-0.2, -0.15) is 0 Å². The van der Waals surface area contributed by atoms with Crippen LogP contribution in [0.1, 0.15) is 23.5 Å². The summed E-state index contributed by atoms with van der Waals surface area (Å²) in [7, 11) is 0. The number of anilines is 1. The summed E-state index contributed by atoms with van der Waals surface area (Å²) in [5, 5.41) is 7.20. The zero-order chi connectivity index (χ0) is 9.97. The Labute approximate surface area is 79.9 Å². The molecule has 0 spiro atoms. The molecule has 1 fully saturated rings. The first-order valence-corrected chi connectivity index (χ1v) is 4.47. The van der Waals surface area contributed by atoms with E-state index in [1.165, 1.54) is 0 Å². The molecule has 76 valence electrons. The van der Waals surface area contributed by atoms with Gasteiger partial charge in [-0.15, -0.1) is 5.10 Å². The molecule has 2 heterocycles. The summed E-state index contributed by atoms with van der Waals surface area (Å²) >= 11 is 0. The van der Waals surface area contributed by atoms with Gasteiger partial charge in [0.1, 0.15) is 6.17 Å². The minimum Gasteiger partial charge on any atom is -0.400 e. The minimum absolute atomic E-state index is 0.0395. The molecular formula is C8H10FN3O2. The standard InChI is InChI=1S/C8H10FN3O2/c9-6-1-3-12(4-2-6)8-11-10-7(5-13)14-8/h5-6H,1-4H2. The van der Waals surface area contributed by atoms with Gasteiger partial charge in [-0.1, -0.05) is 5.10 Å². The van der Waals surface area contributed by atoms with Crippen LogP contribution in [0, 0.1) is 0 Å². The molecule has 1 aliphatic heterocycles. The quantitative estimate of drug-likeness (QED) is 0.660. The van der Waals surface area contributed by atoms with Crippen molar-refractivity contribution in [1.29, 1.82) is 0 Å². The highest BCUT2D eigenvalue weighted by molar-refractivity contribution is 5.67. The third kappa shape index (κ3) is 1.73. The lowest BCUT2D eigenvalue weighted by atomic mass is 10.1. The average Bonchev–Trinajstić information content (AvgIpc) is 2.67. The Hall–Kier alpha value is -1.46. The molecule has 0 aliphatic carbocycles. The van der Waals surface area contributed by atoms with Crippen LogP contribution in [-0.2, 0) is 0 Å². The first-order valence-electron chi connectivity index (χ1n) is 4.47. The van der Waals surface area contributed by atoms with Crippen molar-refractivity contribution in [2.45, 2.75) is 19.0 Å². The summed E-state index contributed by atoms with van der Waals surface area (Å²) in [6, 6.07) is 0.305. The fourth-order valence-corrected chi connectivity index (χ4v) is 1.44. The monoisotopic (exact) mass is 199 g/mol. The fourth-order valence-electron chi connectivity index (χ4n) is 1.44. The van der Waals surface area contributed by atoms with E-state index in [1.54, 1.807) is 4.90 Å². The number of rotatable bonds is 2. The molecule has 0 unspecified atom stereocenters. The number of alkyl halides is 1.